The first kappa shape index (κ1) is 22.5. The lowest BCUT2D eigenvalue weighted by molar-refractivity contribution is -0.117. The molecule has 4 N–H and O–H groups in total. The first-order chi connectivity index (χ1) is 15.8. The Labute approximate surface area is 198 Å². The Bertz CT molecular complexity index is 1360. The number of thiophene rings is 1. The molecule has 2 heterocycles. The minimum Gasteiger partial charge on any atom is -0.368 e. The number of nitrogens with one attached hydrogen (secondary N) is 2. The van der Waals surface area contributed by atoms with Crippen LogP contribution in [-0.4, -0.2) is 34.0 Å². The van der Waals surface area contributed by atoms with Crippen molar-refractivity contribution in [2.45, 2.75) is 13.5 Å². The van der Waals surface area contributed by atoms with Crippen molar-refractivity contribution in [3.63, 3.8) is 0 Å². The van der Waals surface area contributed by atoms with Crippen molar-refractivity contribution < 1.29 is 14.4 Å². The lowest BCUT2D eigenvalue weighted by Crippen LogP contribution is -2.33. The fourth-order valence-corrected chi connectivity index (χ4v) is 4.57. The molecule has 0 saturated heterocycles. The van der Waals surface area contributed by atoms with Crippen molar-refractivity contribution >= 4 is 50.9 Å². The zero-order valence-electron chi connectivity index (χ0n) is 17.6. The Morgan fingerprint density at radius 1 is 1.06 bits per heavy atom. The van der Waals surface area contributed by atoms with Gasteiger partial charge in [-0.05, 0) is 42.8 Å². The number of hydrogen-bond donors (Lipinski definition) is 3. The number of hydrogen-bond acceptors (Lipinski definition) is 5. The summed E-state index contributed by atoms with van der Waals surface area (Å²) in [7, 11) is 0. The second-order valence-corrected chi connectivity index (χ2v) is 8.74. The van der Waals surface area contributed by atoms with Crippen LogP contribution >= 0.6 is 22.9 Å². The molecule has 0 unspecified atom stereocenters. The smallest absolute Gasteiger partial charge is 0.261 e. The summed E-state index contributed by atoms with van der Waals surface area (Å²) in [5.41, 5.74) is 7.82. The molecule has 168 valence electrons. The van der Waals surface area contributed by atoms with Gasteiger partial charge in [0.05, 0.1) is 27.8 Å². The van der Waals surface area contributed by atoms with Gasteiger partial charge in [0.25, 0.3) is 11.8 Å². The van der Waals surface area contributed by atoms with E-state index < -0.39 is 11.8 Å². The van der Waals surface area contributed by atoms with Crippen molar-refractivity contribution in [2.75, 3.05) is 6.54 Å². The monoisotopic (exact) mass is 481 g/mol. The normalized spacial score (nSPS) is 10.8. The third-order valence-corrected chi connectivity index (χ3v) is 6.37. The highest BCUT2D eigenvalue weighted by Gasteiger charge is 2.18. The standard InChI is InChI=1S/C23H20ClN5O3S/c1-13-16-10-19(33-23(16)29(28-13)18-5-3-2-4-17(18)24)22(32)26-11-14-6-8-15(9-7-14)21(31)27-12-20(25)30/h2-10H,11-12H2,1H3,(H2,25,30)(H,26,32)(H,27,31). The molecule has 2 aromatic heterocycles. The van der Waals surface area contributed by atoms with E-state index in [9.17, 15) is 14.4 Å². The molecular formula is C23H20ClN5O3S. The highest BCUT2D eigenvalue weighted by molar-refractivity contribution is 7.20. The SMILES string of the molecule is Cc1nn(-c2ccccc2Cl)c2sc(C(=O)NCc3ccc(C(=O)NCC(N)=O)cc3)cc12. The predicted molar refractivity (Wildman–Crippen MR) is 128 cm³/mol. The van der Waals surface area contributed by atoms with Crippen LogP contribution < -0.4 is 16.4 Å². The summed E-state index contributed by atoms with van der Waals surface area (Å²) in [5.74, 6) is -1.21. The Morgan fingerprint density at radius 3 is 2.48 bits per heavy atom. The molecule has 4 aromatic rings. The first-order valence-electron chi connectivity index (χ1n) is 10.0. The van der Waals surface area contributed by atoms with E-state index in [0.717, 1.165) is 27.2 Å². The lowest BCUT2D eigenvalue weighted by atomic mass is 10.1. The Morgan fingerprint density at radius 2 is 1.79 bits per heavy atom. The van der Waals surface area contributed by atoms with E-state index in [1.807, 2.05) is 31.2 Å². The fraction of sp³-hybridized carbons (Fsp3) is 0.130. The largest absolute Gasteiger partial charge is 0.368 e. The first-order valence-corrected chi connectivity index (χ1v) is 11.2. The second kappa shape index (κ2) is 9.43. The van der Waals surface area contributed by atoms with E-state index >= 15 is 0 Å². The Hall–Kier alpha value is -3.69. The number of rotatable bonds is 7. The Kier molecular flexibility index (Phi) is 6.43. The maximum Gasteiger partial charge on any atom is 0.261 e. The maximum absolute atomic E-state index is 12.8. The molecule has 3 amide bonds. The molecule has 0 atom stereocenters. The van der Waals surface area contributed by atoms with E-state index in [1.54, 1.807) is 35.0 Å². The summed E-state index contributed by atoms with van der Waals surface area (Å²) in [6.07, 6.45) is 0. The molecule has 0 radical (unpaired) electrons. The van der Waals surface area contributed by atoms with E-state index in [4.69, 9.17) is 17.3 Å². The molecule has 4 rings (SSSR count). The molecule has 0 saturated carbocycles. The van der Waals surface area contributed by atoms with Gasteiger partial charge in [0.2, 0.25) is 5.91 Å². The van der Waals surface area contributed by atoms with Crippen LogP contribution in [0.3, 0.4) is 0 Å². The van der Waals surface area contributed by atoms with Crippen LogP contribution in [0.5, 0.6) is 0 Å². The summed E-state index contributed by atoms with van der Waals surface area (Å²) in [5, 5.41) is 11.4. The number of nitrogens with two attached hydrogens (primary N) is 1. The molecule has 0 aliphatic carbocycles. The summed E-state index contributed by atoms with van der Waals surface area (Å²) in [6.45, 7) is 1.97. The number of halogens is 1. The van der Waals surface area contributed by atoms with Gasteiger partial charge in [-0.25, -0.2) is 4.68 Å². The Balaban J connectivity index is 1.45. The highest BCUT2D eigenvalue weighted by Crippen LogP contribution is 2.32. The number of nitrogens with zero attached hydrogens (tertiary/aromatic N) is 2. The molecule has 0 fully saturated rings. The summed E-state index contributed by atoms with van der Waals surface area (Å²) in [6, 6.07) is 16.0. The number of para-hydroxylation sites is 1. The van der Waals surface area contributed by atoms with Crippen LogP contribution in [0.2, 0.25) is 5.02 Å². The predicted octanol–water partition coefficient (Wildman–Crippen LogP) is 3.19. The van der Waals surface area contributed by atoms with E-state index in [1.165, 1.54) is 11.3 Å². The zero-order chi connectivity index (χ0) is 23.5. The van der Waals surface area contributed by atoms with E-state index in [-0.39, 0.29) is 12.5 Å². The molecule has 8 nitrogen and oxygen atoms in total. The molecule has 0 aliphatic rings. The van der Waals surface area contributed by atoms with E-state index in [0.29, 0.717) is 22.0 Å². The summed E-state index contributed by atoms with van der Waals surface area (Å²) < 4.78 is 1.76. The van der Waals surface area contributed by atoms with Crippen LogP contribution in [0.15, 0.2) is 54.6 Å². The van der Waals surface area contributed by atoms with Gasteiger partial charge < -0.3 is 16.4 Å². The third kappa shape index (κ3) is 4.89. The molecule has 10 heteroatoms. The number of aromatic nitrogens is 2. The average Bonchev–Trinajstić information content (AvgIpc) is 3.37. The topological polar surface area (TPSA) is 119 Å². The van der Waals surface area contributed by atoms with Crippen LogP contribution in [0.1, 0.15) is 31.3 Å². The number of primary amides is 1. The van der Waals surface area contributed by atoms with Crippen LogP contribution in [0, 0.1) is 6.92 Å². The van der Waals surface area contributed by atoms with Crippen molar-refractivity contribution in [2.24, 2.45) is 5.73 Å². The number of amides is 3. The molecule has 0 bridgehead atoms. The van der Waals surface area contributed by atoms with Crippen LogP contribution in [0.4, 0.5) is 0 Å². The third-order valence-electron chi connectivity index (χ3n) is 4.94. The summed E-state index contributed by atoms with van der Waals surface area (Å²) >= 11 is 7.68. The zero-order valence-corrected chi connectivity index (χ0v) is 19.2. The van der Waals surface area contributed by atoms with Gasteiger partial charge in [-0.15, -0.1) is 11.3 Å². The van der Waals surface area contributed by atoms with Crippen molar-refractivity contribution in [1.29, 1.82) is 0 Å². The minimum absolute atomic E-state index is 0.204. The molecule has 2 aromatic carbocycles. The molecule has 0 spiro atoms. The quantitative estimate of drug-likeness (QED) is 0.375. The van der Waals surface area contributed by atoms with Crippen molar-refractivity contribution in [3.05, 3.63) is 81.3 Å². The lowest BCUT2D eigenvalue weighted by Gasteiger charge is -2.06. The van der Waals surface area contributed by atoms with Gasteiger partial charge in [-0.3, -0.25) is 14.4 Å². The van der Waals surface area contributed by atoms with Crippen molar-refractivity contribution in [1.82, 2.24) is 20.4 Å². The van der Waals surface area contributed by atoms with Gasteiger partial charge >= 0.3 is 0 Å². The van der Waals surface area contributed by atoms with E-state index in [2.05, 4.69) is 15.7 Å². The van der Waals surface area contributed by atoms with Gasteiger partial charge in [0, 0.05) is 17.5 Å². The maximum atomic E-state index is 12.8. The number of carbonyl (C=O) groups excluding carboxylic acids is 3. The number of carbonyl (C=O) groups is 3. The van der Waals surface area contributed by atoms with Crippen molar-refractivity contribution in [3.8, 4) is 5.69 Å². The minimum atomic E-state index is -0.612. The highest BCUT2D eigenvalue weighted by atomic mass is 35.5. The second-order valence-electron chi connectivity index (χ2n) is 7.31. The fourth-order valence-electron chi connectivity index (χ4n) is 3.26. The van der Waals surface area contributed by atoms with Gasteiger partial charge in [0.15, 0.2) is 0 Å². The number of aryl methyl sites for hydroxylation is 1. The molecule has 33 heavy (non-hydrogen) atoms. The molecular weight excluding hydrogens is 462 g/mol. The van der Waals surface area contributed by atoms with Crippen LogP contribution in [0.25, 0.3) is 15.9 Å². The number of benzene rings is 2. The van der Waals surface area contributed by atoms with Gasteiger partial charge in [-0.2, -0.15) is 5.10 Å². The average molecular weight is 482 g/mol. The van der Waals surface area contributed by atoms with Gasteiger partial charge in [-0.1, -0.05) is 35.9 Å². The van der Waals surface area contributed by atoms with Crippen LogP contribution in [-0.2, 0) is 11.3 Å². The summed E-state index contributed by atoms with van der Waals surface area (Å²) in [4.78, 5) is 36.9. The number of fused-ring (bicyclic) bond motifs is 1. The molecule has 0 aliphatic heterocycles. The van der Waals surface area contributed by atoms with Gasteiger partial charge in [0.1, 0.15) is 4.83 Å².